The van der Waals surface area contributed by atoms with Crippen LogP contribution in [0.25, 0.3) is 84.1 Å². The van der Waals surface area contributed by atoms with Gasteiger partial charge < -0.3 is 30.0 Å². The van der Waals surface area contributed by atoms with Crippen LogP contribution in [0, 0.1) is 11.8 Å². The van der Waals surface area contributed by atoms with E-state index in [0.29, 0.717) is 95.9 Å². The summed E-state index contributed by atoms with van der Waals surface area (Å²) >= 11 is 0. The maximum atomic E-state index is 12.5. The molecule has 540 valence electrons. The van der Waals surface area contributed by atoms with E-state index < -0.39 is 5.60 Å². The van der Waals surface area contributed by atoms with Gasteiger partial charge in [-0.3, -0.25) is 42.5 Å². The Hall–Kier alpha value is -10.6. The monoisotopic (exact) mass is 1410 g/mol. The Morgan fingerprint density at radius 3 is 0.990 bits per heavy atom. The van der Waals surface area contributed by atoms with Gasteiger partial charge in [-0.05, 0) is 95.2 Å². The van der Waals surface area contributed by atoms with E-state index in [-0.39, 0.29) is 59.9 Å². The average Bonchev–Trinajstić information content (AvgIpc) is 1.62. The van der Waals surface area contributed by atoms with Crippen molar-refractivity contribution in [3.8, 4) is 67.5 Å². The van der Waals surface area contributed by atoms with E-state index in [4.69, 9.17) is 15.0 Å². The molecular formula is C74H88N24O6. The number of aliphatic hydroxyl groups excluding tert-OH is 2. The fourth-order valence-corrected chi connectivity index (χ4v) is 14.9. The normalized spacial score (nSPS) is 19.4. The number of amides is 3. The number of aliphatic hydroxyl groups is 3. The largest absolute Gasteiger partial charge is 0.393 e. The lowest BCUT2D eigenvalue weighted by atomic mass is 9.81. The third-order valence-electron chi connectivity index (χ3n) is 22.1. The van der Waals surface area contributed by atoms with Gasteiger partial charge in [0.05, 0.1) is 174 Å². The highest BCUT2D eigenvalue weighted by Gasteiger charge is 2.53. The van der Waals surface area contributed by atoms with Crippen LogP contribution in [0.15, 0.2) is 130 Å². The van der Waals surface area contributed by atoms with Crippen LogP contribution in [-0.2, 0) is 14.4 Å². The molecule has 0 radical (unpaired) electrons. The van der Waals surface area contributed by atoms with Gasteiger partial charge in [0.2, 0.25) is 11.8 Å². The highest BCUT2D eigenvalue weighted by Crippen LogP contribution is 2.41. The van der Waals surface area contributed by atoms with E-state index in [1.165, 1.54) is 0 Å². The molecule has 0 bridgehead atoms. The van der Waals surface area contributed by atoms with Crippen molar-refractivity contribution in [2.75, 3.05) is 39.3 Å². The van der Waals surface area contributed by atoms with Crippen molar-refractivity contribution >= 4 is 34.3 Å². The lowest BCUT2D eigenvalue weighted by Gasteiger charge is -2.43. The summed E-state index contributed by atoms with van der Waals surface area (Å²) < 4.78 is 17.4. The van der Waals surface area contributed by atoms with Crippen LogP contribution in [-0.4, -0.2) is 207 Å². The SMILES string of the molecule is CCC(CC)n1cc(-c2nc(-c3cnn(C4CN(C(=O)C5(O)CC5)C4)c3)cn3nccc23)cn1.CCC(CC)n1cc(-c2nc(-c3cnn(C4CN(C(=O)C5CC(O)C5)C4)c3)cn3nccc23)cn1.CCC(CC)n1cc(-c2nc(-c3cnn(C4CN(C(=O)C5CC(O)C5)C4)c3)cn3nccc23)cn1. The van der Waals surface area contributed by atoms with E-state index in [1.54, 1.807) is 29.7 Å². The molecule has 3 aliphatic carbocycles. The maximum absolute atomic E-state index is 12.5. The summed E-state index contributed by atoms with van der Waals surface area (Å²) in [6.07, 6.45) is 43.3. The van der Waals surface area contributed by atoms with Crippen LogP contribution in [0.1, 0.15) is 155 Å². The molecule has 0 atom stereocenters. The minimum atomic E-state index is -1.11. The maximum Gasteiger partial charge on any atom is 0.254 e. The van der Waals surface area contributed by atoms with Gasteiger partial charge in [0.25, 0.3) is 5.91 Å². The van der Waals surface area contributed by atoms with E-state index in [0.717, 1.165) is 123 Å². The van der Waals surface area contributed by atoms with Crippen molar-refractivity contribution in [1.82, 2.24) is 117 Å². The van der Waals surface area contributed by atoms with Crippen LogP contribution in [0.5, 0.6) is 0 Å². The summed E-state index contributed by atoms with van der Waals surface area (Å²) in [4.78, 5) is 57.6. The first-order chi connectivity index (χ1) is 50.6. The molecule has 12 aromatic rings. The van der Waals surface area contributed by atoms with E-state index >= 15 is 0 Å². The van der Waals surface area contributed by atoms with Crippen LogP contribution >= 0.6 is 0 Å². The number of rotatable bonds is 21. The second kappa shape index (κ2) is 27.9. The number of aromatic nitrogens is 21. The Balaban J connectivity index is 0.000000120. The van der Waals surface area contributed by atoms with E-state index in [2.05, 4.69) is 106 Å². The third kappa shape index (κ3) is 12.9. The number of hydrogen-bond acceptors (Lipinski definition) is 18. The molecule has 3 amide bonds. The Kier molecular flexibility index (Phi) is 18.2. The Morgan fingerprint density at radius 1 is 0.404 bits per heavy atom. The minimum Gasteiger partial charge on any atom is -0.393 e. The summed E-state index contributed by atoms with van der Waals surface area (Å²) in [5, 5.41) is 69.9. The molecular weight excluding hydrogens is 1320 g/mol. The van der Waals surface area contributed by atoms with Gasteiger partial charge in [0, 0.05) is 122 Å². The number of likely N-dealkylation sites (tertiary alicyclic amines) is 3. The lowest BCUT2D eigenvalue weighted by Crippen LogP contribution is -2.55. The summed E-state index contributed by atoms with van der Waals surface area (Å²) in [7, 11) is 0. The summed E-state index contributed by atoms with van der Waals surface area (Å²) in [5.41, 5.74) is 12.1. The topological polar surface area (TPSA) is 319 Å². The molecule has 6 aliphatic rings. The molecule has 0 spiro atoms. The van der Waals surface area contributed by atoms with Crippen molar-refractivity contribution < 1.29 is 29.7 Å². The zero-order valence-corrected chi connectivity index (χ0v) is 59.4. The molecule has 3 saturated carbocycles. The van der Waals surface area contributed by atoms with Crippen molar-refractivity contribution in [2.24, 2.45) is 11.8 Å². The standard InChI is InChI=1S/2C25H30N8O2.C24H28N8O2/c2*1-3-19(4-2)31-12-18(10-28-31)24-23-5-6-26-33(23)15-22(29-24)17-9-27-32(11-17)20-13-30(14-20)25(35)16-7-21(34)8-16;1-3-18(4-2)30-12-17(10-27-30)22-21-5-8-25-32(21)15-20(28-22)16-9-26-31(11-16)19-13-29(14-19)23(33)24(34)6-7-24/h2*5-6,9-12,15-16,19-21,34H,3-4,7-8,13-14H2,1-2H3;5,8-12,15,18-19,34H,3-4,6-7,13-14H2,1-2H3. The number of carbonyl (C=O) groups excluding carboxylic acids is 3. The molecule has 30 heteroatoms. The first-order valence-corrected chi connectivity index (χ1v) is 36.8. The molecule has 104 heavy (non-hydrogen) atoms. The number of hydrogen-bond donors (Lipinski definition) is 3. The van der Waals surface area contributed by atoms with Crippen molar-refractivity contribution in [3.05, 3.63) is 130 Å². The van der Waals surface area contributed by atoms with E-state index in [1.807, 2.05) is 138 Å². The highest BCUT2D eigenvalue weighted by molar-refractivity contribution is 5.88. The van der Waals surface area contributed by atoms with Gasteiger partial charge in [0.1, 0.15) is 5.60 Å². The molecule has 3 aliphatic heterocycles. The molecule has 12 aromatic heterocycles. The molecule has 0 unspecified atom stereocenters. The second-order valence-electron chi connectivity index (χ2n) is 28.9. The van der Waals surface area contributed by atoms with Gasteiger partial charge in [-0.15, -0.1) is 0 Å². The average molecular weight is 1410 g/mol. The number of fused-ring (bicyclic) bond motifs is 3. The van der Waals surface area contributed by atoms with Crippen molar-refractivity contribution in [3.63, 3.8) is 0 Å². The fraction of sp³-hybridized carbons (Fsp3) is 0.473. The van der Waals surface area contributed by atoms with Crippen LogP contribution in [0.2, 0.25) is 0 Å². The number of carbonyl (C=O) groups is 3. The lowest BCUT2D eigenvalue weighted by molar-refractivity contribution is -0.149. The second-order valence-corrected chi connectivity index (χ2v) is 28.9. The summed E-state index contributed by atoms with van der Waals surface area (Å²) in [6, 6.07) is 7.40. The highest BCUT2D eigenvalue weighted by atomic mass is 16.3. The van der Waals surface area contributed by atoms with E-state index in [9.17, 15) is 29.7 Å². The van der Waals surface area contributed by atoms with Gasteiger partial charge in [-0.1, -0.05) is 41.5 Å². The van der Waals surface area contributed by atoms with Gasteiger partial charge in [0.15, 0.2) is 0 Å². The Bertz CT molecular complexity index is 4850. The van der Waals surface area contributed by atoms with Crippen LogP contribution < -0.4 is 0 Å². The predicted octanol–water partition coefficient (Wildman–Crippen LogP) is 8.67. The predicted molar refractivity (Wildman–Crippen MR) is 384 cm³/mol. The summed E-state index contributed by atoms with van der Waals surface area (Å²) in [6.45, 7) is 16.8. The van der Waals surface area contributed by atoms with Crippen molar-refractivity contribution in [1.29, 1.82) is 0 Å². The fourth-order valence-electron chi connectivity index (χ4n) is 14.9. The minimum absolute atomic E-state index is 0.0168. The molecule has 18 rings (SSSR count). The summed E-state index contributed by atoms with van der Waals surface area (Å²) in [5.74, 6) is 0.126. The number of nitrogens with zero attached hydrogens (tertiary/aromatic N) is 24. The first-order valence-electron chi connectivity index (χ1n) is 36.8. The molecule has 15 heterocycles. The van der Waals surface area contributed by atoms with Crippen molar-refractivity contribution in [2.45, 2.75) is 173 Å². The molecule has 30 nitrogen and oxygen atoms in total. The smallest absolute Gasteiger partial charge is 0.254 e. The molecule has 0 aromatic carbocycles. The first kappa shape index (κ1) is 67.9. The Morgan fingerprint density at radius 2 is 0.702 bits per heavy atom. The molecule has 6 fully saturated rings. The molecule has 3 N–H and O–H groups in total. The Labute approximate surface area is 599 Å². The zero-order valence-electron chi connectivity index (χ0n) is 59.4. The van der Waals surface area contributed by atoms with Gasteiger partial charge in [-0.2, -0.15) is 45.9 Å². The van der Waals surface area contributed by atoms with Crippen LogP contribution in [0.4, 0.5) is 0 Å². The van der Waals surface area contributed by atoms with Gasteiger partial charge >= 0.3 is 0 Å². The molecule has 3 saturated heterocycles. The van der Waals surface area contributed by atoms with Crippen LogP contribution in [0.3, 0.4) is 0 Å². The quantitative estimate of drug-likeness (QED) is 0.0605. The van der Waals surface area contributed by atoms with Gasteiger partial charge in [-0.25, -0.2) is 28.5 Å². The zero-order chi connectivity index (χ0) is 71.7. The third-order valence-corrected chi connectivity index (χ3v) is 22.1.